The molecule has 2 fully saturated rings. The lowest BCUT2D eigenvalue weighted by Gasteiger charge is -2.35. The van der Waals surface area contributed by atoms with Crippen molar-refractivity contribution in [1.82, 2.24) is 10.2 Å². The van der Waals surface area contributed by atoms with Gasteiger partial charge in [-0.3, -0.25) is 4.79 Å². The van der Waals surface area contributed by atoms with Crippen molar-refractivity contribution in [3.63, 3.8) is 0 Å². The van der Waals surface area contributed by atoms with E-state index in [1.807, 2.05) is 11.8 Å². The van der Waals surface area contributed by atoms with Gasteiger partial charge in [-0.1, -0.05) is 0 Å². The van der Waals surface area contributed by atoms with E-state index in [9.17, 15) is 4.79 Å². The minimum absolute atomic E-state index is 0.194. The summed E-state index contributed by atoms with van der Waals surface area (Å²) < 4.78 is 11.1. The zero-order valence-electron chi connectivity index (χ0n) is 12.6. The quantitative estimate of drug-likeness (QED) is 0.740. The summed E-state index contributed by atoms with van der Waals surface area (Å²) in [5.74, 6) is 0.532. The minimum atomic E-state index is 0.194. The van der Waals surface area contributed by atoms with Gasteiger partial charge in [0.2, 0.25) is 5.91 Å². The van der Waals surface area contributed by atoms with Crippen LogP contribution in [-0.2, 0) is 14.3 Å². The molecule has 2 heterocycles. The van der Waals surface area contributed by atoms with Gasteiger partial charge in [0.1, 0.15) is 0 Å². The monoisotopic (exact) mass is 284 g/mol. The maximum absolute atomic E-state index is 12.4. The lowest BCUT2D eigenvalue weighted by Crippen LogP contribution is -2.47. The summed E-state index contributed by atoms with van der Waals surface area (Å²) in [5.41, 5.74) is 0. The number of carbonyl (C=O) groups excluding carboxylic acids is 1. The number of piperidine rings is 2. The molecule has 0 aromatic carbocycles. The van der Waals surface area contributed by atoms with Crippen LogP contribution in [0.5, 0.6) is 0 Å². The third kappa shape index (κ3) is 4.72. The fourth-order valence-electron chi connectivity index (χ4n) is 2.98. The number of likely N-dealkylation sites (tertiary alicyclic amines) is 1. The summed E-state index contributed by atoms with van der Waals surface area (Å²) in [5, 5.41) is 3.32. The first-order valence-electron chi connectivity index (χ1n) is 8.00. The Labute approximate surface area is 122 Å². The third-order valence-corrected chi connectivity index (χ3v) is 4.19. The van der Waals surface area contributed by atoms with Gasteiger partial charge in [0.05, 0.1) is 25.2 Å². The number of carbonyl (C=O) groups is 1. The van der Waals surface area contributed by atoms with Gasteiger partial charge in [-0.05, 0) is 39.2 Å². The summed E-state index contributed by atoms with van der Waals surface area (Å²) in [6, 6.07) is 0. The van der Waals surface area contributed by atoms with Crippen molar-refractivity contribution in [2.45, 2.75) is 38.7 Å². The van der Waals surface area contributed by atoms with Crippen LogP contribution < -0.4 is 5.32 Å². The molecule has 1 atom stereocenters. The highest BCUT2D eigenvalue weighted by molar-refractivity contribution is 5.79. The molecular weight excluding hydrogens is 256 g/mol. The summed E-state index contributed by atoms with van der Waals surface area (Å²) in [6.45, 7) is 7.66. The third-order valence-electron chi connectivity index (χ3n) is 4.19. The minimum Gasteiger partial charge on any atom is -0.379 e. The molecule has 1 N–H and O–H groups in total. The molecule has 2 rings (SSSR count). The number of hydrogen-bond donors (Lipinski definition) is 1. The fourth-order valence-corrected chi connectivity index (χ4v) is 2.98. The smallest absolute Gasteiger partial charge is 0.226 e. The summed E-state index contributed by atoms with van der Waals surface area (Å²) in [7, 11) is 0. The molecule has 0 spiro atoms. The molecule has 20 heavy (non-hydrogen) atoms. The van der Waals surface area contributed by atoms with Crippen molar-refractivity contribution < 1.29 is 14.3 Å². The van der Waals surface area contributed by atoms with Crippen LogP contribution in [0.15, 0.2) is 0 Å². The Morgan fingerprint density at radius 1 is 1.25 bits per heavy atom. The average Bonchev–Trinajstić information content (AvgIpc) is 2.52. The van der Waals surface area contributed by atoms with Crippen LogP contribution in [0.2, 0.25) is 0 Å². The normalized spacial score (nSPS) is 24.9. The second-order valence-corrected chi connectivity index (χ2v) is 5.64. The van der Waals surface area contributed by atoms with Gasteiger partial charge in [0, 0.05) is 26.2 Å². The highest BCUT2D eigenvalue weighted by Gasteiger charge is 2.29. The van der Waals surface area contributed by atoms with Gasteiger partial charge in [-0.2, -0.15) is 0 Å². The fraction of sp³-hybridized carbons (Fsp3) is 0.933. The molecule has 0 aromatic rings. The Balaban J connectivity index is 1.64. The molecule has 2 saturated heterocycles. The molecule has 0 bridgehead atoms. The van der Waals surface area contributed by atoms with E-state index in [1.165, 1.54) is 0 Å². The zero-order chi connectivity index (χ0) is 14.2. The SMILES string of the molecule is CCOCCOC1CCN(C(=O)[C@H]2CCCNC2)CC1. The van der Waals surface area contributed by atoms with Crippen LogP contribution in [0.25, 0.3) is 0 Å². The lowest BCUT2D eigenvalue weighted by molar-refractivity contribution is -0.138. The first-order chi connectivity index (χ1) is 9.81. The molecule has 0 saturated carbocycles. The van der Waals surface area contributed by atoms with Gasteiger partial charge in [0.15, 0.2) is 0 Å². The molecule has 0 aromatic heterocycles. The van der Waals surface area contributed by atoms with Gasteiger partial charge >= 0.3 is 0 Å². The van der Waals surface area contributed by atoms with Crippen LogP contribution in [0.3, 0.4) is 0 Å². The first-order valence-corrected chi connectivity index (χ1v) is 8.00. The van der Waals surface area contributed by atoms with E-state index >= 15 is 0 Å². The molecule has 0 aliphatic carbocycles. The molecule has 116 valence electrons. The molecule has 2 aliphatic heterocycles. The predicted octanol–water partition coefficient (Wildman–Crippen LogP) is 1.03. The Kier molecular flexibility index (Phi) is 6.76. The lowest BCUT2D eigenvalue weighted by atomic mass is 9.96. The standard InChI is InChI=1S/C15H28N2O3/c1-2-19-10-11-20-14-5-8-17(9-6-14)15(18)13-4-3-7-16-12-13/h13-14,16H,2-12H2,1H3/t13-/m0/s1. The van der Waals surface area contributed by atoms with E-state index in [2.05, 4.69) is 5.32 Å². The Bertz CT molecular complexity index is 285. The first kappa shape index (κ1) is 15.7. The molecule has 2 aliphatic rings. The Morgan fingerprint density at radius 2 is 2.05 bits per heavy atom. The summed E-state index contributed by atoms with van der Waals surface area (Å²) in [6.07, 6.45) is 4.36. The number of amides is 1. The van der Waals surface area contributed by atoms with Crippen LogP contribution in [0.1, 0.15) is 32.6 Å². The van der Waals surface area contributed by atoms with Crippen LogP contribution in [-0.4, -0.2) is 62.9 Å². The zero-order valence-corrected chi connectivity index (χ0v) is 12.6. The molecular formula is C15H28N2O3. The number of nitrogens with zero attached hydrogens (tertiary/aromatic N) is 1. The second-order valence-electron chi connectivity index (χ2n) is 5.64. The van der Waals surface area contributed by atoms with Crippen molar-refractivity contribution in [3.05, 3.63) is 0 Å². The van der Waals surface area contributed by atoms with E-state index in [0.717, 1.165) is 58.5 Å². The van der Waals surface area contributed by atoms with E-state index < -0.39 is 0 Å². The van der Waals surface area contributed by atoms with Crippen LogP contribution >= 0.6 is 0 Å². The van der Waals surface area contributed by atoms with E-state index in [4.69, 9.17) is 9.47 Å². The largest absolute Gasteiger partial charge is 0.379 e. The van der Waals surface area contributed by atoms with E-state index in [1.54, 1.807) is 0 Å². The predicted molar refractivity (Wildman–Crippen MR) is 77.6 cm³/mol. The van der Waals surface area contributed by atoms with Crippen LogP contribution in [0, 0.1) is 5.92 Å². The maximum Gasteiger partial charge on any atom is 0.226 e. The number of rotatable bonds is 6. The number of nitrogens with one attached hydrogen (secondary N) is 1. The summed E-state index contributed by atoms with van der Waals surface area (Å²) in [4.78, 5) is 14.4. The van der Waals surface area contributed by atoms with Crippen molar-refractivity contribution >= 4 is 5.91 Å². The molecule has 1 amide bonds. The van der Waals surface area contributed by atoms with Gasteiger partial charge in [-0.15, -0.1) is 0 Å². The van der Waals surface area contributed by atoms with Crippen molar-refractivity contribution in [2.75, 3.05) is 46.0 Å². The van der Waals surface area contributed by atoms with Gasteiger partial charge in [-0.25, -0.2) is 0 Å². The molecule has 5 nitrogen and oxygen atoms in total. The molecule has 5 heteroatoms. The van der Waals surface area contributed by atoms with Crippen LogP contribution in [0.4, 0.5) is 0 Å². The van der Waals surface area contributed by atoms with Crippen molar-refractivity contribution in [1.29, 1.82) is 0 Å². The Morgan fingerprint density at radius 3 is 2.70 bits per heavy atom. The highest BCUT2D eigenvalue weighted by Crippen LogP contribution is 2.19. The second kappa shape index (κ2) is 8.60. The summed E-state index contributed by atoms with van der Waals surface area (Å²) >= 11 is 0. The van der Waals surface area contributed by atoms with Gasteiger partial charge in [0.25, 0.3) is 0 Å². The molecule has 0 radical (unpaired) electrons. The highest BCUT2D eigenvalue weighted by atomic mass is 16.5. The Hall–Kier alpha value is -0.650. The van der Waals surface area contributed by atoms with E-state index in [-0.39, 0.29) is 5.92 Å². The van der Waals surface area contributed by atoms with Crippen molar-refractivity contribution in [3.8, 4) is 0 Å². The van der Waals surface area contributed by atoms with Crippen molar-refractivity contribution in [2.24, 2.45) is 5.92 Å². The van der Waals surface area contributed by atoms with Gasteiger partial charge < -0.3 is 19.7 Å². The average molecular weight is 284 g/mol. The van der Waals surface area contributed by atoms with E-state index in [0.29, 0.717) is 25.2 Å². The molecule has 0 unspecified atom stereocenters. The number of hydrogen-bond acceptors (Lipinski definition) is 4. The topological polar surface area (TPSA) is 50.8 Å². The number of ether oxygens (including phenoxy) is 2. The maximum atomic E-state index is 12.4.